The molecule has 0 spiro atoms. The molecule has 0 aliphatic rings. The number of imidazole rings is 1. The summed E-state index contributed by atoms with van der Waals surface area (Å²) in [5.41, 5.74) is 2.26. The fourth-order valence-electron chi connectivity index (χ4n) is 1.49. The molecule has 5 heteroatoms. The zero-order valence-corrected chi connectivity index (χ0v) is 10.2. The van der Waals surface area contributed by atoms with Crippen LogP contribution in [0.1, 0.15) is 22.8 Å². The Bertz CT molecular complexity index is 407. The van der Waals surface area contributed by atoms with Crippen LogP contribution in [-0.4, -0.2) is 21.5 Å². The Morgan fingerprint density at radius 2 is 2.44 bits per heavy atom. The highest BCUT2D eigenvalue weighted by Gasteiger charge is 1.98. The largest absolute Gasteiger partial charge is 0.347 e. The molecule has 86 valence electrons. The smallest absolute Gasteiger partial charge is 0.0928 e. The summed E-state index contributed by atoms with van der Waals surface area (Å²) in [7, 11) is 0. The van der Waals surface area contributed by atoms with Gasteiger partial charge in [0, 0.05) is 35.9 Å². The molecule has 0 aromatic carbocycles. The number of thiazole rings is 1. The lowest BCUT2D eigenvalue weighted by atomic mass is 10.3. The van der Waals surface area contributed by atoms with Crippen molar-refractivity contribution in [3.63, 3.8) is 0 Å². The Morgan fingerprint density at radius 1 is 1.50 bits per heavy atom. The second-order valence-electron chi connectivity index (χ2n) is 3.74. The lowest BCUT2D eigenvalue weighted by molar-refractivity contribution is 0.641. The van der Waals surface area contributed by atoms with Crippen molar-refractivity contribution in [2.24, 2.45) is 0 Å². The van der Waals surface area contributed by atoms with Crippen LogP contribution in [0.2, 0.25) is 0 Å². The molecule has 2 aromatic heterocycles. The SMILES string of the molecule is Cc1csc(CCCNCc2cnc[nH]2)n1. The number of aromatic amines is 1. The molecule has 2 N–H and O–H groups in total. The van der Waals surface area contributed by atoms with Crippen molar-refractivity contribution in [2.75, 3.05) is 6.54 Å². The summed E-state index contributed by atoms with van der Waals surface area (Å²) in [5, 5.41) is 6.71. The Kier molecular flexibility index (Phi) is 4.07. The molecule has 2 rings (SSSR count). The van der Waals surface area contributed by atoms with Crippen LogP contribution in [0, 0.1) is 6.92 Å². The van der Waals surface area contributed by atoms with Crippen LogP contribution in [0.5, 0.6) is 0 Å². The van der Waals surface area contributed by atoms with Crippen LogP contribution in [-0.2, 0) is 13.0 Å². The van der Waals surface area contributed by atoms with Crippen LogP contribution in [0.25, 0.3) is 0 Å². The molecule has 0 aliphatic carbocycles. The van der Waals surface area contributed by atoms with Gasteiger partial charge in [-0.3, -0.25) is 0 Å². The van der Waals surface area contributed by atoms with Crippen LogP contribution < -0.4 is 5.32 Å². The predicted molar refractivity (Wildman–Crippen MR) is 65.5 cm³/mol. The number of hydrogen-bond acceptors (Lipinski definition) is 4. The topological polar surface area (TPSA) is 53.6 Å². The van der Waals surface area contributed by atoms with Gasteiger partial charge in [0.05, 0.1) is 11.3 Å². The summed E-state index contributed by atoms with van der Waals surface area (Å²) < 4.78 is 0. The number of hydrogen-bond donors (Lipinski definition) is 2. The summed E-state index contributed by atoms with van der Waals surface area (Å²) >= 11 is 1.75. The quantitative estimate of drug-likeness (QED) is 0.753. The van der Waals surface area contributed by atoms with E-state index < -0.39 is 0 Å². The Labute approximate surface area is 99.2 Å². The highest BCUT2D eigenvalue weighted by atomic mass is 32.1. The van der Waals surface area contributed by atoms with Gasteiger partial charge in [0.1, 0.15) is 0 Å². The van der Waals surface area contributed by atoms with Gasteiger partial charge in [-0.25, -0.2) is 9.97 Å². The molecule has 0 bridgehead atoms. The fourth-order valence-corrected chi connectivity index (χ4v) is 2.30. The van der Waals surface area contributed by atoms with Gasteiger partial charge in [-0.2, -0.15) is 0 Å². The van der Waals surface area contributed by atoms with E-state index in [-0.39, 0.29) is 0 Å². The predicted octanol–water partition coefficient (Wildman–Crippen LogP) is 1.90. The fraction of sp³-hybridized carbons (Fsp3) is 0.455. The van der Waals surface area contributed by atoms with E-state index in [2.05, 4.69) is 25.6 Å². The summed E-state index contributed by atoms with van der Waals surface area (Å²) in [6.45, 7) is 3.91. The van der Waals surface area contributed by atoms with Crippen molar-refractivity contribution >= 4 is 11.3 Å². The van der Waals surface area contributed by atoms with Gasteiger partial charge in [0.15, 0.2) is 0 Å². The molecule has 2 heterocycles. The minimum atomic E-state index is 0.858. The van der Waals surface area contributed by atoms with E-state index >= 15 is 0 Å². The number of aryl methyl sites for hydroxylation is 2. The number of nitrogens with one attached hydrogen (secondary N) is 2. The Balaban J connectivity index is 1.59. The summed E-state index contributed by atoms with van der Waals surface area (Å²) in [4.78, 5) is 11.5. The number of aromatic nitrogens is 3. The minimum Gasteiger partial charge on any atom is -0.347 e. The van der Waals surface area contributed by atoms with E-state index in [0.717, 1.165) is 37.3 Å². The lowest BCUT2D eigenvalue weighted by Gasteiger charge is -2.01. The van der Waals surface area contributed by atoms with Crippen molar-refractivity contribution in [2.45, 2.75) is 26.3 Å². The van der Waals surface area contributed by atoms with Crippen LogP contribution in [0.15, 0.2) is 17.9 Å². The maximum absolute atomic E-state index is 4.43. The highest BCUT2D eigenvalue weighted by Crippen LogP contribution is 2.10. The van der Waals surface area contributed by atoms with Crippen LogP contribution >= 0.6 is 11.3 Å². The van der Waals surface area contributed by atoms with E-state index in [4.69, 9.17) is 0 Å². The molecule has 0 amide bonds. The Morgan fingerprint density at radius 3 is 3.12 bits per heavy atom. The average Bonchev–Trinajstić information content (AvgIpc) is 2.89. The molecular formula is C11H16N4S. The summed E-state index contributed by atoms with van der Waals surface area (Å²) in [5.74, 6) is 0. The monoisotopic (exact) mass is 236 g/mol. The van der Waals surface area contributed by atoms with E-state index in [0.29, 0.717) is 0 Å². The van der Waals surface area contributed by atoms with Crippen molar-refractivity contribution < 1.29 is 0 Å². The molecule has 0 atom stereocenters. The third kappa shape index (κ3) is 3.43. The average molecular weight is 236 g/mol. The summed E-state index contributed by atoms with van der Waals surface area (Å²) in [6.07, 6.45) is 5.74. The first kappa shape index (κ1) is 11.3. The summed E-state index contributed by atoms with van der Waals surface area (Å²) in [6, 6.07) is 0. The first-order chi connectivity index (χ1) is 7.84. The molecule has 2 aromatic rings. The molecular weight excluding hydrogens is 220 g/mol. The van der Waals surface area contributed by atoms with Gasteiger partial charge in [-0.15, -0.1) is 11.3 Å². The van der Waals surface area contributed by atoms with Crippen molar-refractivity contribution in [1.29, 1.82) is 0 Å². The zero-order valence-electron chi connectivity index (χ0n) is 9.36. The van der Waals surface area contributed by atoms with Crippen LogP contribution in [0.4, 0.5) is 0 Å². The molecule has 4 nitrogen and oxygen atoms in total. The minimum absolute atomic E-state index is 0.858. The maximum atomic E-state index is 4.43. The van der Waals surface area contributed by atoms with E-state index in [1.807, 2.05) is 13.1 Å². The number of nitrogens with zero attached hydrogens (tertiary/aromatic N) is 2. The van der Waals surface area contributed by atoms with Gasteiger partial charge < -0.3 is 10.3 Å². The van der Waals surface area contributed by atoms with Crippen molar-refractivity contribution in [3.8, 4) is 0 Å². The van der Waals surface area contributed by atoms with Gasteiger partial charge in [0.25, 0.3) is 0 Å². The normalized spacial score (nSPS) is 10.8. The standard InChI is InChI=1S/C11H16N4S/c1-9-7-16-11(15-9)3-2-4-12-5-10-6-13-8-14-10/h6-8,12H,2-5H2,1H3,(H,13,14). The van der Waals surface area contributed by atoms with Gasteiger partial charge in [-0.1, -0.05) is 0 Å². The molecule has 0 aliphatic heterocycles. The molecule has 0 unspecified atom stereocenters. The molecule has 0 radical (unpaired) electrons. The maximum Gasteiger partial charge on any atom is 0.0928 e. The van der Waals surface area contributed by atoms with Gasteiger partial charge in [0.2, 0.25) is 0 Å². The van der Waals surface area contributed by atoms with E-state index in [1.165, 1.54) is 5.01 Å². The van der Waals surface area contributed by atoms with Crippen molar-refractivity contribution in [3.05, 3.63) is 34.3 Å². The van der Waals surface area contributed by atoms with E-state index in [9.17, 15) is 0 Å². The van der Waals surface area contributed by atoms with Crippen LogP contribution in [0.3, 0.4) is 0 Å². The first-order valence-corrected chi connectivity index (χ1v) is 6.31. The first-order valence-electron chi connectivity index (χ1n) is 5.43. The second-order valence-corrected chi connectivity index (χ2v) is 4.68. The second kappa shape index (κ2) is 5.77. The third-order valence-corrected chi connectivity index (χ3v) is 3.31. The van der Waals surface area contributed by atoms with E-state index in [1.54, 1.807) is 17.7 Å². The Hall–Kier alpha value is -1.20. The van der Waals surface area contributed by atoms with Crippen molar-refractivity contribution in [1.82, 2.24) is 20.3 Å². The third-order valence-electron chi connectivity index (χ3n) is 2.28. The number of rotatable bonds is 6. The zero-order chi connectivity index (χ0) is 11.2. The lowest BCUT2D eigenvalue weighted by Crippen LogP contribution is -2.15. The number of H-pyrrole nitrogens is 1. The molecule has 0 saturated carbocycles. The van der Waals surface area contributed by atoms with Gasteiger partial charge >= 0.3 is 0 Å². The molecule has 16 heavy (non-hydrogen) atoms. The molecule has 0 fully saturated rings. The highest BCUT2D eigenvalue weighted by molar-refractivity contribution is 7.09. The molecule has 0 saturated heterocycles. The van der Waals surface area contributed by atoms with Gasteiger partial charge in [-0.05, 0) is 19.9 Å².